The topological polar surface area (TPSA) is 42.0 Å². The van der Waals surface area contributed by atoms with Gasteiger partial charge in [-0.3, -0.25) is 9.78 Å². The number of aromatic nitrogens is 1. The molecule has 1 heterocycles. The first-order chi connectivity index (χ1) is 9.79. The van der Waals surface area contributed by atoms with E-state index in [-0.39, 0.29) is 5.91 Å². The Morgan fingerprint density at radius 3 is 2.45 bits per heavy atom. The summed E-state index contributed by atoms with van der Waals surface area (Å²) in [5, 5.41) is 3.17. The van der Waals surface area contributed by atoms with E-state index in [0.717, 1.165) is 44.2 Å². The van der Waals surface area contributed by atoms with Gasteiger partial charge in [0.05, 0.1) is 5.69 Å². The van der Waals surface area contributed by atoms with Gasteiger partial charge in [0.1, 0.15) is 0 Å². The van der Waals surface area contributed by atoms with Crippen LogP contribution in [-0.2, 0) is 30.5 Å². The molecule has 0 atom stereocenters. The number of hydrogen-bond acceptors (Lipinski definition) is 2. The van der Waals surface area contributed by atoms with E-state index in [2.05, 4.69) is 5.32 Å². The maximum atomic E-state index is 12.1. The van der Waals surface area contributed by atoms with Gasteiger partial charge in [0.25, 0.3) is 0 Å². The molecule has 0 saturated heterocycles. The van der Waals surface area contributed by atoms with Gasteiger partial charge >= 0.3 is 0 Å². The molecule has 0 unspecified atom stereocenters. The van der Waals surface area contributed by atoms with Crippen LogP contribution in [0.4, 0.5) is 5.69 Å². The standard InChI is InChI=1S/C16H21ClN2O/c17-10-4-9-15(20)19-16-11-5-1-2-7-13(11)18-14-8-3-6-12(14)16/h1-10H2,(H,18,19,20). The predicted molar refractivity (Wildman–Crippen MR) is 81.5 cm³/mol. The molecule has 1 aromatic heterocycles. The number of pyridine rings is 1. The van der Waals surface area contributed by atoms with Gasteiger partial charge in [-0.15, -0.1) is 11.6 Å². The average Bonchev–Trinajstić information content (AvgIpc) is 2.93. The maximum absolute atomic E-state index is 12.1. The monoisotopic (exact) mass is 292 g/mol. The van der Waals surface area contributed by atoms with E-state index in [1.54, 1.807) is 0 Å². The van der Waals surface area contributed by atoms with Gasteiger partial charge in [0, 0.05) is 23.7 Å². The number of rotatable bonds is 4. The fourth-order valence-corrected chi connectivity index (χ4v) is 3.46. The first kappa shape index (κ1) is 13.9. The molecule has 0 saturated carbocycles. The number of carbonyl (C=O) groups is 1. The summed E-state index contributed by atoms with van der Waals surface area (Å²) in [6.07, 6.45) is 9.08. The zero-order chi connectivity index (χ0) is 13.9. The van der Waals surface area contributed by atoms with Crippen molar-refractivity contribution in [3.63, 3.8) is 0 Å². The summed E-state index contributed by atoms with van der Waals surface area (Å²) in [5.74, 6) is 0.638. The number of alkyl halides is 1. The van der Waals surface area contributed by atoms with Crippen molar-refractivity contribution >= 4 is 23.2 Å². The van der Waals surface area contributed by atoms with Crippen LogP contribution in [0, 0.1) is 0 Å². The largest absolute Gasteiger partial charge is 0.325 e. The quantitative estimate of drug-likeness (QED) is 0.864. The Bertz CT molecular complexity index is 528. The Hall–Kier alpha value is -1.09. The number of amides is 1. The Balaban J connectivity index is 1.91. The molecule has 1 aromatic rings. The van der Waals surface area contributed by atoms with Gasteiger partial charge in [0.15, 0.2) is 0 Å². The number of fused-ring (bicyclic) bond motifs is 2. The lowest BCUT2D eigenvalue weighted by Gasteiger charge is -2.22. The van der Waals surface area contributed by atoms with Crippen molar-refractivity contribution in [3.8, 4) is 0 Å². The molecule has 0 aromatic carbocycles. The molecule has 1 amide bonds. The fraction of sp³-hybridized carbons (Fsp3) is 0.625. The summed E-state index contributed by atoms with van der Waals surface area (Å²) >= 11 is 5.67. The van der Waals surface area contributed by atoms with Crippen LogP contribution < -0.4 is 5.32 Å². The Labute approximate surface area is 125 Å². The minimum atomic E-state index is 0.0960. The Morgan fingerprint density at radius 1 is 1.05 bits per heavy atom. The van der Waals surface area contributed by atoms with Crippen LogP contribution in [0.2, 0.25) is 0 Å². The minimum absolute atomic E-state index is 0.0960. The van der Waals surface area contributed by atoms with Gasteiger partial charge in [0.2, 0.25) is 5.91 Å². The Kier molecular flexibility index (Phi) is 4.25. The second kappa shape index (κ2) is 6.13. The summed E-state index contributed by atoms with van der Waals surface area (Å²) in [4.78, 5) is 16.9. The number of nitrogens with zero attached hydrogens (tertiary/aromatic N) is 1. The molecule has 1 N–H and O–H groups in total. The van der Waals surface area contributed by atoms with E-state index in [0.29, 0.717) is 12.3 Å². The Morgan fingerprint density at radius 2 is 1.70 bits per heavy atom. The molecule has 0 aliphatic heterocycles. The molecular weight excluding hydrogens is 272 g/mol. The third kappa shape index (κ3) is 2.69. The van der Waals surface area contributed by atoms with E-state index in [9.17, 15) is 4.79 Å². The van der Waals surface area contributed by atoms with Crippen LogP contribution in [0.25, 0.3) is 0 Å². The average molecular weight is 293 g/mol. The van der Waals surface area contributed by atoms with Crippen molar-refractivity contribution in [1.82, 2.24) is 4.98 Å². The summed E-state index contributed by atoms with van der Waals surface area (Å²) in [5.41, 5.74) is 6.14. The zero-order valence-corrected chi connectivity index (χ0v) is 12.6. The fourth-order valence-electron chi connectivity index (χ4n) is 3.33. The van der Waals surface area contributed by atoms with Crippen molar-refractivity contribution in [1.29, 1.82) is 0 Å². The number of anilines is 1. The third-order valence-corrected chi connectivity index (χ3v) is 4.57. The van der Waals surface area contributed by atoms with Crippen LogP contribution >= 0.6 is 11.6 Å². The minimum Gasteiger partial charge on any atom is -0.325 e. The summed E-state index contributed by atoms with van der Waals surface area (Å²) in [6.45, 7) is 0. The zero-order valence-electron chi connectivity index (χ0n) is 11.8. The number of hydrogen-bond donors (Lipinski definition) is 1. The van der Waals surface area contributed by atoms with Crippen molar-refractivity contribution in [2.75, 3.05) is 11.2 Å². The molecular formula is C16H21ClN2O. The van der Waals surface area contributed by atoms with Crippen LogP contribution in [-0.4, -0.2) is 16.8 Å². The third-order valence-electron chi connectivity index (χ3n) is 4.30. The molecule has 108 valence electrons. The molecule has 0 bridgehead atoms. The summed E-state index contributed by atoms with van der Waals surface area (Å²) < 4.78 is 0. The smallest absolute Gasteiger partial charge is 0.224 e. The van der Waals surface area contributed by atoms with Crippen molar-refractivity contribution in [2.24, 2.45) is 0 Å². The molecule has 0 spiro atoms. The molecule has 20 heavy (non-hydrogen) atoms. The van der Waals surface area contributed by atoms with E-state index < -0.39 is 0 Å². The number of carbonyl (C=O) groups excluding carboxylic acids is 1. The van der Waals surface area contributed by atoms with Gasteiger partial charge in [-0.1, -0.05) is 0 Å². The van der Waals surface area contributed by atoms with Crippen molar-refractivity contribution in [2.45, 2.75) is 57.8 Å². The lowest BCUT2D eigenvalue weighted by Crippen LogP contribution is -2.18. The highest BCUT2D eigenvalue weighted by Crippen LogP contribution is 2.35. The summed E-state index contributed by atoms with van der Waals surface area (Å²) in [7, 11) is 0. The highest BCUT2D eigenvalue weighted by Gasteiger charge is 2.25. The highest BCUT2D eigenvalue weighted by atomic mass is 35.5. The van der Waals surface area contributed by atoms with Crippen LogP contribution in [0.3, 0.4) is 0 Å². The number of aryl methyl sites for hydroxylation is 2. The normalized spacial score (nSPS) is 16.6. The van der Waals surface area contributed by atoms with Crippen LogP contribution in [0.15, 0.2) is 0 Å². The first-order valence-corrected chi connectivity index (χ1v) is 8.22. The lowest BCUT2D eigenvalue weighted by atomic mass is 9.92. The SMILES string of the molecule is O=C(CCCCl)Nc1c2c(nc3c1CCC3)CCCC2. The highest BCUT2D eigenvalue weighted by molar-refractivity contribution is 6.18. The van der Waals surface area contributed by atoms with Crippen LogP contribution in [0.1, 0.15) is 54.6 Å². The summed E-state index contributed by atoms with van der Waals surface area (Å²) in [6, 6.07) is 0. The maximum Gasteiger partial charge on any atom is 0.224 e. The van der Waals surface area contributed by atoms with Crippen molar-refractivity contribution in [3.05, 3.63) is 22.5 Å². The van der Waals surface area contributed by atoms with Gasteiger partial charge in [-0.05, 0) is 62.5 Å². The van der Waals surface area contributed by atoms with Gasteiger partial charge in [-0.2, -0.15) is 0 Å². The van der Waals surface area contributed by atoms with E-state index in [1.165, 1.54) is 35.4 Å². The van der Waals surface area contributed by atoms with E-state index >= 15 is 0 Å². The van der Waals surface area contributed by atoms with Gasteiger partial charge in [-0.25, -0.2) is 0 Å². The predicted octanol–water partition coefficient (Wildman–Crippen LogP) is 3.41. The second-order valence-electron chi connectivity index (χ2n) is 5.74. The molecule has 2 aliphatic carbocycles. The first-order valence-electron chi connectivity index (χ1n) is 7.69. The van der Waals surface area contributed by atoms with Crippen molar-refractivity contribution < 1.29 is 4.79 Å². The second-order valence-corrected chi connectivity index (χ2v) is 6.12. The number of halogens is 1. The van der Waals surface area contributed by atoms with Gasteiger partial charge < -0.3 is 5.32 Å². The molecule has 2 aliphatic rings. The molecule has 3 nitrogen and oxygen atoms in total. The molecule has 3 rings (SSSR count). The lowest BCUT2D eigenvalue weighted by molar-refractivity contribution is -0.116. The van der Waals surface area contributed by atoms with E-state index in [4.69, 9.17) is 16.6 Å². The van der Waals surface area contributed by atoms with E-state index in [1.807, 2.05) is 0 Å². The molecule has 0 radical (unpaired) electrons. The molecule has 4 heteroatoms. The number of nitrogens with one attached hydrogen (secondary N) is 1. The molecule has 0 fully saturated rings. The van der Waals surface area contributed by atoms with Crippen LogP contribution in [0.5, 0.6) is 0 Å².